The molecular formula is C6H6N6O3. The summed E-state index contributed by atoms with van der Waals surface area (Å²) in [5.74, 6) is -0.313. The van der Waals surface area contributed by atoms with Crippen molar-refractivity contribution in [2.45, 2.75) is 6.92 Å². The quantitative estimate of drug-likeness (QED) is 0.517. The third-order valence-corrected chi connectivity index (χ3v) is 1.61. The molecule has 0 atom stereocenters. The van der Waals surface area contributed by atoms with Crippen LogP contribution in [0.15, 0.2) is 6.07 Å². The summed E-state index contributed by atoms with van der Waals surface area (Å²) >= 11 is 0. The number of nitrogens with zero attached hydrogens (tertiary/aromatic N) is 5. The van der Waals surface area contributed by atoms with E-state index in [0.29, 0.717) is 5.69 Å². The van der Waals surface area contributed by atoms with Crippen LogP contribution < -0.4 is 5.43 Å². The van der Waals surface area contributed by atoms with Crippen LogP contribution in [0.4, 0.5) is 5.95 Å². The second kappa shape index (κ2) is 3.04. The molecule has 78 valence electrons. The van der Waals surface area contributed by atoms with Crippen LogP contribution in [0.2, 0.25) is 0 Å². The summed E-state index contributed by atoms with van der Waals surface area (Å²) in [5.41, 5.74) is 2.31. The molecule has 0 saturated heterocycles. The van der Waals surface area contributed by atoms with Gasteiger partial charge in [-0.25, -0.2) is 15.1 Å². The predicted octanol–water partition coefficient (Wildman–Crippen LogP) is -0.258. The lowest BCUT2D eigenvalue weighted by Crippen LogP contribution is -2.09. The minimum atomic E-state index is -0.793. The monoisotopic (exact) mass is 210 g/mol. The van der Waals surface area contributed by atoms with Gasteiger partial charge in [-0.05, 0) is 6.92 Å². The lowest BCUT2D eigenvalue weighted by Gasteiger charge is -1.95. The number of hydrogen-bond donors (Lipinski definition) is 2. The maximum atomic E-state index is 10.1. The Morgan fingerprint density at radius 3 is 3.00 bits per heavy atom. The molecule has 15 heavy (non-hydrogen) atoms. The van der Waals surface area contributed by atoms with Crippen LogP contribution in [0.3, 0.4) is 0 Å². The van der Waals surface area contributed by atoms with Crippen molar-refractivity contribution in [2.24, 2.45) is 0 Å². The van der Waals surface area contributed by atoms with Gasteiger partial charge < -0.3 is 5.11 Å². The second-order valence-electron chi connectivity index (χ2n) is 2.77. The van der Waals surface area contributed by atoms with Crippen molar-refractivity contribution in [3.05, 3.63) is 21.9 Å². The predicted molar refractivity (Wildman–Crippen MR) is 47.8 cm³/mol. The Kier molecular flexibility index (Phi) is 1.85. The van der Waals surface area contributed by atoms with Crippen molar-refractivity contribution < 1.29 is 10.1 Å². The van der Waals surface area contributed by atoms with Gasteiger partial charge in [0.15, 0.2) is 5.03 Å². The number of hydrazine groups is 1. The Labute approximate surface area is 82.5 Å². The molecule has 2 rings (SSSR count). The van der Waals surface area contributed by atoms with E-state index in [1.807, 2.05) is 0 Å². The van der Waals surface area contributed by atoms with Crippen LogP contribution >= 0.6 is 0 Å². The Hall–Kier alpha value is -2.45. The fourth-order valence-corrected chi connectivity index (χ4v) is 1.10. The first-order valence-corrected chi connectivity index (χ1v) is 3.90. The standard InChI is InChI=1S/C6H6N6O3/c1-3-2-4(13)11-6(7-3)8-5(9-11)10-12(14)15/h2,13H,1H3,(H,9,10). The fraction of sp³-hybridized carbons (Fsp3) is 0.167. The van der Waals surface area contributed by atoms with Gasteiger partial charge in [-0.1, -0.05) is 5.43 Å². The van der Waals surface area contributed by atoms with E-state index in [9.17, 15) is 15.2 Å². The Morgan fingerprint density at radius 2 is 2.33 bits per heavy atom. The van der Waals surface area contributed by atoms with E-state index in [2.05, 4.69) is 15.1 Å². The highest BCUT2D eigenvalue weighted by atomic mass is 16.7. The molecule has 0 aliphatic heterocycles. The molecule has 2 aromatic rings. The molecule has 0 aliphatic rings. The number of rotatable bonds is 2. The molecule has 0 amide bonds. The van der Waals surface area contributed by atoms with Crippen molar-refractivity contribution in [1.82, 2.24) is 19.6 Å². The van der Waals surface area contributed by atoms with E-state index in [4.69, 9.17) is 0 Å². The van der Waals surface area contributed by atoms with Gasteiger partial charge in [-0.3, -0.25) is 0 Å². The molecule has 2 N–H and O–H groups in total. The smallest absolute Gasteiger partial charge is 0.305 e. The van der Waals surface area contributed by atoms with E-state index in [0.717, 1.165) is 4.52 Å². The van der Waals surface area contributed by atoms with Gasteiger partial charge in [0.05, 0.1) is 0 Å². The number of nitro groups is 1. The molecule has 9 nitrogen and oxygen atoms in total. The summed E-state index contributed by atoms with van der Waals surface area (Å²) in [4.78, 5) is 17.8. The van der Waals surface area contributed by atoms with Gasteiger partial charge in [0, 0.05) is 11.8 Å². The zero-order chi connectivity index (χ0) is 11.0. The zero-order valence-corrected chi connectivity index (χ0v) is 7.58. The summed E-state index contributed by atoms with van der Waals surface area (Å²) in [6, 6.07) is 1.37. The maximum Gasteiger partial charge on any atom is 0.305 e. The van der Waals surface area contributed by atoms with Gasteiger partial charge in [0.1, 0.15) is 0 Å². The summed E-state index contributed by atoms with van der Waals surface area (Å²) < 4.78 is 0.999. The molecular weight excluding hydrogens is 204 g/mol. The third-order valence-electron chi connectivity index (χ3n) is 1.61. The van der Waals surface area contributed by atoms with Crippen LogP contribution in [0.1, 0.15) is 5.69 Å². The van der Waals surface area contributed by atoms with Crippen molar-refractivity contribution in [2.75, 3.05) is 5.43 Å². The first-order chi connectivity index (χ1) is 7.06. The summed E-state index contributed by atoms with van der Waals surface area (Å²) in [6.07, 6.45) is 0. The normalized spacial score (nSPS) is 10.5. The van der Waals surface area contributed by atoms with E-state index in [1.165, 1.54) is 6.07 Å². The molecule has 0 radical (unpaired) electrons. The number of aromatic hydroxyl groups is 1. The first kappa shape index (κ1) is 9.12. The van der Waals surface area contributed by atoms with Crippen molar-refractivity contribution in [3.8, 4) is 5.88 Å². The number of anilines is 1. The van der Waals surface area contributed by atoms with Gasteiger partial charge in [-0.15, -0.1) is 5.10 Å². The van der Waals surface area contributed by atoms with Crippen molar-refractivity contribution >= 4 is 11.7 Å². The first-order valence-electron chi connectivity index (χ1n) is 3.90. The molecule has 0 bridgehead atoms. The van der Waals surface area contributed by atoms with Crippen LogP contribution in [0, 0.1) is 17.0 Å². The molecule has 0 aliphatic carbocycles. The number of aryl methyl sites for hydroxylation is 1. The highest BCUT2D eigenvalue weighted by Gasteiger charge is 2.11. The third kappa shape index (κ3) is 1.61. The largest absolute Gasteiger partial charge is 0.493 e. The number of fused-ring (bicyclic) bond motifs is 1. The summed E-state index contributed by atoms with van der Waals surface area (Å²) in [7, 11) is 0. The van der Waals surface area contributed by atoms with Crippen LogP contribution in [0.25, 0.3) is 5.78 Å². The van der Waals surface area contributed by atoms with E-state index < -0.39 is 5.03 Å². The number of aromatic nitrogens is 4. The van der Waals surface area contributed by atoms with Crippen LogP contribution in [-0.2, 0) is 0 Å². The molecule has 9 heteroatoms. The van der Waals surface area contributed by atoms with Crippen molar-refractivity contribution in [1.29, 1.82) is 0 Å². The molecule has 0 saturated carbocycles. The summed E-state index contributed by atoms with van der Waals surface area (Å²) in [5, 5.41) is 22.4. The molecule has 0 aromatic carbocycles. The Balaban J connectivity index is 2.55. The average molecular weight is 210 g/mol. The maximum absolute atomic E-state index is 10.1. The van der Waals surface area contributed by atoms with Gasteiger partial charge in [0.25, 0.3) is 5.78 Å². The molecule has 0 spiro atoms. The van der Waals surface area contributed by atoms with E-state index in [1.54, 1.807) is 12.3 Å². The van der Waals surface area contributed by atoms with Crippen LogP contribution in [0.5, 0.6) is 5.88 Å². The summed E-state index contributed by atoms with van der Waals surface area (Å²) in [6.45, 7) is 1.66. The molecule has 0 unspecified atom stereocenters. The lowest BCUT2D eigenvalue weighted by molar-refractivity contribution is -0.446. The van der Waals surface area contributed by atoms with Gasteiger partial charge in [0.2, 0.25) is 5.88 Å². The van der Waals surface area contributed by atoms with Crippen molar-refractivity contribution in [3.63, 3.8) is 0 Å². The fourth-order valence-electron chi connectivity index (χ4n) is 1.10. The Bertz CT molecular complexity index is 535. The topological polar surface area (TPSA) is 118 Å². The van der Waals surface area contributed by atoms with Gasteiger partial charge in [-0.2, -0.15) is 9.50 Å². The minimum absolute atomic E-state index is 0.0943. The lowest BCUT2D eigenvalue weighted by atomic mass is 10.4. The molecule has 2 aromatic heterocycles. The SMILES string of the molecule is Cc1cc(O)n2nc(N[N+](=O)[O-])nc2n1. The van der Waals surface area contributed by atoms with Crippen LogP contribution in [-0.4, -0.2) is 29.7 Å². The molecule has 0 fully saturated rings. The number of hydrogen-bond acceptors (Lipinski definition) is 6. The van der Waals surface area contributed by atoms with Gasteiger partial charge >= 0.3 is 5.95 Å². The minimum Gasteiger partial charge on any atom is -0.493 e. The highest BCUT2D eigenvalue weighted by Crippen LogP contribution is 2.12. The Morgan fingerprint density at radius 1 is 1.60 bits per heavy atom. The zero-order valence-electron chi connectivity index (χ0n) is 7.58. The second-order valence-corrected chi connectivity index (χ2v) is 2.77. The highest BCUT2D eigenvalue weighted by molar-refractivity contribution is 5.39. The molecule has 2 heterocycles. The average Bonchev–Trinajstić information content (AvgIpc) is 2.45. The van der Waals surface area contributed by atoms with E-state index in [-0.39, 0.29) is 17.6 Å². The van der Waals surface area contributed by atoms with E-state index >= 15 is 0 Å². The number of nitrogens with one attached hydrogen (secondary N) is 1.